The number of nitrogen functional groups attached to an aromatic ring is 1. The molecule has 0 aliphatic carbocycles. The third kappa shape index (κ3) is 4.78. The molecule has 0 radical (unpaired) electrons. The molecule has 162 valence electrons. The third-order valence-corrected chi connectivity index (χ3v) is 5.33. The molecule has 0 bridgehead atoms. The molecule has 2 N–H and O–H groups in total. The zero-order valence-corrected chi connectivity index (χ0v) is 18.7. The van der Waals surface area contributed by atoms with E-state index in [1.807, 2.05) is 20.8 Å². The van der Waals surface area contributed by atoms with Crippen LogP contribution >= 0.6 is 11.6 Å². The first kappa shape index (κ1) is 22.2. The van der Waals surface area contributed by atoms with E-state index in [9.17, 15) is 9.59 Å². The minimum atomic E-state index is -0.610. The highest BCUT2D eigenvalue weighted by molar-refractivity contribution is 6.30. The summed E-state index contributed by atoms with van der Waals surface area (Å²) in [5.74, 6) is 6.46. The lowest BCUT2D eigenvalue weighted by molar-refractivity contribution is 0.0199. The maximum absolute atomic E-state index is 13.1. The molecule has 1 aliphatic rings. The SMILES string of the molecule is CCCCC1CN(C(=O)OC(C)(C)C)Cc2c1nc(-c1ccc(Cl)cc1)n(N)c2=O. The highest BCUT2D eigenvalue weighted by Crippen LogP contribution is 2.31. The Morgan fingerprint density at radius 3 is 2.57 bits per heavy atom. The summed E-state index contributed by atoms with van der Waals surface area (Å²) in [6, 6.07) is 7.05. The predicted molar refractivity (Wildman–Crippen MR) is 118 cm³/mol. The van der Waals surface area contributed by atoms with Crippen molar-refractivity contribution >= 4 is 17.7 Å². The maximum Gasteiger partial charge on any atom is 0.410 e. The topological polar surface area (TPSA) is 90.5 Å². The first-order valence-corrected chi connectivity index (χ1v) is 10.6. The van der Waals surface area contributed by atoms with Gasteiger partial charge in [0.15, 0.2) is 5.82 Å². The normalized spacial score (nSPS) is 16.3. The Bertz CT molecular complexity index is 980. The van der Waals surface area contributed by atoms with E-state index in [2.05, 4.69) is 6.92 Å². The van der Waals surface area contributed by atoms with Crippen LogP contribution < -0.4 is 11.4 Å². The van der Waals surface area contributed by atoms with E-state index in [0.717, 1.165) is 29.6 Å². The van der Waals surface area contributed by atoms with Crippen molar-refractivity contribution in [3.8, 4) is 11.4 Å². The van der Waals surface area contributed by atoms with Gasteiger partial charge in [0.2, 0.25) is 0 Å². The van der Waals surface area contributed by atoms with Gasteiger partial charge in [-0.3, -0.25) is 4.79 Å². The van der Waals surface area contributed by atoms with Gasteiger partial charge in [-0.2, -0.15) is 0 Å². The average Bonchev–Trinajstić information content (AvgIpc) is 2.68. The number of nitrogens with zero attached hydrogens (tertiary/aromatic N) is 3. The van der Waals surface area contributed by atoms with E-state index in [0.29, 0.717) is 28.5 Å². The molecule has 2 aromatic rings. The Hall–Kier alpha value is -2.54. The zero-order chi connectivity index (χ0) is 22.1. The summed E-state index contributed by atoms with van der Waals surface area (Å²) >= 11 is 5.99. The van der Waals surface area contributed by atoms with Crippen molar-refractivity contribution in [1.29, 1.82) is 0 Å². The van der Waals surface area contributed by atoms with E-state index in [1.165, 1.54) is 0 Å². The Kier molecular flexibility index (Phi) is 6.41. The van der Waals surface area contributed by atoms with Gasteiger partial charge < -0.3 is 15.5 Å². The monoisotopic (exact) mass is 432 g/mol. The molecule has 3 rings (SSSR count). The highest BCUT2D eigenvalue weighted by atomic mass is 35.5. The van der Waals surface area contributed by atoms with Crippen molar-refractivity contribution in [1.82, 2.24) is 14.6 Å². The van der Waals surface area contributed by atoms with Crippen LogP contribution in [0.25, 0.3) is 11.4 Å². The number of nitrogens with two attached hydrogens (primary N) is 1. The minimum Gasteiger partial charge on any atom is -0.444 e. The predicted octanol–water partition coefficient (Wildman–Crippen LogP) is 4.30. The lowest BCUT2D eigenvalue weighted by atomic mass is 9.91. The second-order valence-electron chi connectivity index (χ2n) is 8.68. The fourth-order valence-electron chi connectivity index (χ4n) is 3.63. The molecule has 0 fully saturated rings. The number of unbranched alkanes of at least 4 members (excludes halogenated alkanes) is 1. The molecule has 1 atom stereocenters. The largest absolute Gasteiger partial charge is 0.444 e. The molecule has 30 heavy (non-hydrogen) atoms. The van der Waals surface area contributed by atoms with Crippen LogP contribution in [0.15, 0.2) is 29.1 Å². The highest BCUT2D eigenvalue weighted by Gasteiger charge is 2.34. The Labute approximate surface area is 181 Å². The van der Waals surface area contributed by atoms with Gasteiger partial charge in [0.25, 0.3) is 5.56 Å². The smallest absolute Gasteiger partial charge is 0.410 e. The summed E-state index contributed by atoms with van der Waals surface area (Å²) in [4.78, 5) is 32.2. The van der Waals surface area contributed by atoms with Gasteiger partial charge >= 0.3 is 6.09 Å². The standard InChI is InChI=1S/C22H29ClN4O3/c1-5-6-7-15-12-26(21(29)30-22(2,3)4)13-17-18(15)25-19(27(24)20(17)28)14-8-10-16(23)11-9-14/h8-11,15H,5-7,12-13,24H2,1-4H3. The van der Waals surface area contributed by atoms with Crippen LogP contribution in [0.1, 0.15) is 64.1 Å². The number of hydrogen-bond acceptors (Lipinski definition) is 5. The molecule has 1 unspecified atom stereocenters. The third-order valence-electron chi connectivity index (χ3n) is 5.08. The molecule has 1 aliphatic heterocycles. The zero-order valence-electron chi connectivity index (χ0n) is 17.9. The second-order valence-corrected chi connectivity index (χ2v) is 9.12. The number of amides is 1. The van der Waals surface area contributed by atoms with Gasteiger partial charge in [0, 0.05) is 23.0 Å². The number of hydrogen-bond donors (Lipinski definition) is 1. The first-order valence-electron chi connectivity index (χ1n) is 10.3. The first-order chi connectivity index (χ1) is 14.1. The molecule has 0 saturated carbocycles. The van der Waals surface area contributed by atoms with Gasteiger partial charge in [0.1, 0.15) is 5.60 Å². The van der Waals surface area contributed by atoms with Crippen molar-refractivity contribution in [2.75, 3.05) is 12.4 Å². The van der Waals surface area contributed by atoms with Gasteiger partial charge in [-0.05, 0) is 51.5 Å². The molecule has 1 aromatic heterocycles. The number of halogens is 1. The molecule has 1 amide bonds. The van der Waals surface area contributed by atoms with E-state index in [-0.39, 0.29) is 18.0 Å². The van der Waals surface area contributed by atoms with Crippen molar-refractivity contribution in [3.63, 3.8) is 0 Å². The van der Waals surface area contributed by atoms with Crippen LogP contribution in [0.3, 0.4) is 0 Å². The van der Waals surface area contributed by atoms with E-state index >= 15 is 0 Å². The van der Waals surface area contributed by atoms with Crippen LogP contribution in [0.2, 0.25) is 5.02 Å². The van der Waals surface area contributed by atoms with Crippen molar-refractivity contribution < 1.29 is 9.53 Å². The minimum absolute atomic E-state index is 0.0545. The Morgan fingerprint density at radius 2 is 1.97 bits per heavy atom. The molecular weight excluding hydrogens is 404 g/mol. The Balaban J connectivity index is 2.05. The Morgan fingerprint density at radius 1 is 1.30 bits per heavy atom. The molecular formula is C22H29ClN4O3. The number of benzene rings is 1. The molecule has 7 nitrogen and oxygen atoms in total. The van der Waals surface area contributed by atoms with Crippen LogP contribution in [-0.4, -0.2) is 32.8 Å². The van der Waals surface area contributed by atoms with Crippen molar-refractivity contribution in [2.45, 2.75) is 65.0 Å². The van der Waals surface area contributed by atoms with Crippen LogP contribution in [0.5, 0.6) is 0 Å². The summed E-state index contributed by atoms with van der Waals surface area (Å²) in [6.45, 7) is 8.18. The fraction of sp³-hybridized carbons (Fsp3) is 0.500. The van der Waals surface area contributed by atoms with Crippen molar-refractivity contribution in [2.24, 2.45) is 0 Å². The fourth-order valence-corrected chi connectivity index (χ4v) is 3.75. The number of carbonyl (C=O) groups excluding carboxylic acids is 1. The average molecular weight is 433 g/mol. The quantitative estimate of drug-likeness (QED) is 0.727. The number of carbonyl (C=O) groups is 1. The van der Waals surface area contributed by atoms with Gasteiger partial charge in [-0.25, -0.2) is 14.5 Å². The van der Waals surface area contributed by atoms with Crippen LogP contribution in [0.4, 0.5) is 4.79 Å². The lowest BCUT2D eigenvalue weighted by Crippen LogP contribution is -2.46. The summed E-state index contributed by atoms with van der Waals surface area (Å²) in [6.07, 6.45) is 2.37. The van der Waals surface area contributed by atoms with Gasteiger partial charge in [-0.1, -0.05) is 31.4 Å². The summed E-state index contributed by atoms with van der Waals surface area (Å²) < 4.78 is 6.59. The van der Waals surface area contributed by atoms with Crippen LogP contribution in [0, 0.1) is 0 Å². The second kappa shape index (κ2) is 8.68. The number of rotatable bonds is 4. The van der Waals surface area contributed by atoms with Crippen LogP contribution in [-0.2, 0) is 11.3 Å². The van der Waals surface area contributed by atoms with Gasteiger partial charge in [0.05, 0.1) is 17.8 Å². The van der Waals surface area contributed by atoms with Gasteiger partial charge in [-0.15, -0.1) is 0 Å². The van der Waals surface area contributed by atoms with Crippen molar-refractivity contribution in [3.05, 3.63) is 50.9 Å². The number of ether oxygens (including phenoxy) is 1. The number of fused-ring (bicyclic) bond motifs is 1. The molecule has 2 heterocycles. The van der Waals surface area contributed by atoms with E-state index in [4.69, 9.17) is 27.2 Å². The summed E-state index contributed by atoms with van der Waals surface area (Å²) in [7, 11) is 0. The summed E-state index contributed by atoms with van der Waals surface area (Å²) in [5, 5.41) is 0.594. The molecule has 1 aromatic carbocycles. The summed E-state index contributed by atoms with van der Waals surface area (Å²) in [5.41, 5.74) is 0.930. The molecule has 0 saturated heterocycles. The van der Waals surface area contributed by atoms with E-state index < -0.39 is 11.7 Å². The van der Waals surface area contributed by atoms with E-state index in [1.54, 1.807) is 29.2 Å². The number of aromatic nitrogens is 2. The lowest BCUT2D eigenvalue weighted by Gasteiger charge is -2.35. The maximum atomic E-state index is 13.1. The molecule has 8 heteroatoms. The molecule has 0 spiro atoms.